The summed E-state index contributed by atoms with van der Waals surface area (Å²) >= 11 is 0. The fraction of sp³-hybridized carbons (Fsp3) is 0.357. The van der Waals surface area contributed by atoms with Crippen LogP contribution in [0, 0.1) is 0 Å². The van der Waals surface area contributed by atoms with Crippen LogP contribution in [0.3, 0.4) is 0 Å². The molecule has 0 spiro atoms. The molecule has 0 unspecified atom stereocenters. The second-order valence-electron chi connectivity index (χ2n) is 4.91. The number of aromatic nitrogens is 2. The lowest BCUT2D eigenvalue weighted by Crippen LogP contribution is -2.36. The minimum absolute atomic E-state index is 0.0488. The number of nitrogens with one attached hydrogen (secondary N) is 1. The lowest BCUT2D eigenvalue weighted by atomic mass is 10.2. The molecule has 1 aromatic carbocycles. The quantitative estimate of drug-likeness (QED) is 0.897. The van der Waals surface area contributed by atoms with Crippen molar-refractivity contribution in [1.82, 2.24) is 15.3 Å². The molecule has 3 rings (SSSR count). The summed E-state index contributed by atoms with van der Waals surface area (Å²) < 4.78 is 0. The summed E-state index contributed by atoms with van der Waals surface area (Å²) in [6, 6.07) is 8.20. The molecule has 1 heterocycles. The van der Waals surface area contributed by atoms with E-state index in [1.165, 1.54) is 6.33 Å². The summed E-state index contributed by atoms with van der Waals surface area (Å²) in [6.07, 6.45) is 3.74. The van der Waals surface area contributed by atoms with Crippen LogP contribution in [0.5, 0.6) is 0 Å². The van der Waals surface area contributed by atoms with Crippen molar-refractivity contribution < 1.29 is 4.79 Å². The molecule has 1 aromatic heterocycles. The summed E-state index contributed by atoms with van der Waals surface area (Å²) in [5.74, 6) is 0.837. The van der Waals surface area contributed by atoms with E-state index in [9.17, 15) is 4.79 Å². The predicted molar refractivity (Wildman–Crippen MR) is 74.0 cm³/mol. The van der Waals surface area contributed by atoms with Gasteiger partial charge in [-0.15, -0.1) is 0 Å². The fourth-order valence-corrected chi connectivity index (χ4v) is 2.09. The third kappa shape index (κ3) is 2.65. The minimum atomic E-state index is 0.0488. The van der Waals surface area contributed by atoms with Crippen LogP contribution in [-0.2, 0) is 4.79 Å². The summed E-state index contributed by atoms with van der Waals surface area (Å²) in [5.41, 5.74) is 0.891. The van der Waals surface area contributed by atoms with Crippen molar-refractivity contribution in [2.75, 3.05) is 18.5 Å². The third-order valence-corrected chi connectivity index (χ3v) is 3.21. The molecule has 0 bridgehead atoms. The normalized spacial score (nSPS) is 14.4. The molecule has 98 valence electrons. The van der Waals surface area contributed by atoms with Gasteiger partial charge in [0.15, 0.2) is 0 Å². The number of fused-ring (bicyclic) bond motifs is 1. The average Bonchev–Trinajstić information content (AvgIpc) is 3.21. The Bertz CT molecular complexity index is 604. The maximum Gasteiger partial charge on any atom is 0.239 e. The molecule has 19 heavy (non-hydrogen) atoms. The van der Waals surface area contributed by atoms with Crippen LogP contribution in [0.1, 0.15) is 12.8 Å². The van der Waals surface area contributed by atoms with Crippen molar-refractivity contribution in [3.05, 3.63) is 30.6 Å². The Labute approximate surface area is 111 Å². The first-order valence-corrected chi connectivity index (χ1v) is 6.44. The molecule has 1 N–H and O–H groups in total. The van der Waals surface area contributed by atoms with Crippen molar-refractivity contribution in [2.24, 2.45) is 0 Å². The van der Waals surface area contributed by atoms with Crippen LogP contribution in [0.2, 0.25) is 0 Å². The number of rotatable bonds is 4. The van der Waals surface area contributed by atoms with Crippen molar-refractivity contribution >= 4 is 22.6 Å². The number of likely N-dealkylation sites (N-methyl/N-ethyl adjacent to an activating group) is 1. The molecule has 5 heteroatoms. The summed E-state index contributed by atoms with van der Waals surface area (Å²) in [6.45, 7) is 0.317. The van der Waals surface area contributed by atoms with E-state index in [4.69, 9.17) is 0 Å². The van der Waals surface area contributed by atoms with Crippen molar-refractivity contribution in [2.45, 2.75) is 18.9 Å². The number of amides is 1. The highest BCUT2D eigenvalue weighted by Crippen LogP contribution is 2.22. The first kappa shape index (κ1) is 11.9. The number of anilines is 1. The van der Waals surface area contributed by atoms with E-state index in [2.05, 4.69) is 15.3 Å². The van der Waals surface area contributed by atoms with Crippen LogP contribution in [0.4, 0.5) is 5.82 Å². The lowest BCUT2D eigenvalue weighted by molar-refractivity contribution is -0.119. The molecule has 0 saturated heterocycles. The van der Waals surface area contributed by atoms with E-state index in [0.29, 0.717) is 12.6 Å². The maximum atomic E-state index is 11.8. The van der Waals surface area contributed by atoms with Crippen LogP contribution in [0.25, 0.3) is 10.9 Å². The van der Waals surface area contributed by atoms with E-state index in [0.717, 1.165) is 29.6 Å². The van der Waals surface area contributed by atoms with Gasteiger partial charge in [0.05, 0.1) is 12.1 Å². The topological polar surface area (TPSA) is 58.1 Å². The van der Waals surface area contributed by atoms with Crippen LogP contribution >= 0.6 is 0 Å². The van der Waals surface area contributed by atoms with Gasteiger partial charge in [0.2, 0.25) is 5.91 Å². The standard InChI is InChI=1S/C14H16N4O/c1-18(8-13(19)17-10-6-7-10)14-11-4-2-3-5-12(11)15-9-16-14/h2-5,9-10H,6-8H2,1H3,(H,17,19). The second-order valence-corrected chi connectivity index (χ2v) is 4.91. The minimum Gasteiger partial charge on any atom is -0.352 e. The molecule has 1 aliphatic rings. The Hall–Kier alpha value is -2.17. The average molecular weight is 256 g/mol. The molecule has 1 fully saturated rings. The number of carbonyl (C=O) groups is 1. The highest BCUT2D eigenvalue weighted by atomic mass is 16.2. The van der Waals surface area contributed by atoms with Crippen molar-refractivity contribution in [1.29, 1.82) is 0 Å². The van der Waals surface area contributed by atoms with Crippen LogP contribution in [-0.4, -0.2) is 35.5 Å². The highest BCUT2D eigenvalue weighted by Gasteiger charge is 2.23. The Kier molecular flexibility index (Phi) is 3.03. The molecule has 1 amide bonds. The molecule has 5 nitrogen and oxygen atoms in total. The zero-order valence-corrected chi connectivity index (χ0v) is 10.8. The SMILES string of the molecule is CN(CC(=O)NC1CC1)c1ncnc2ccccc12. The van der Waals surface area contributed by atoms with E-state index in [1.807, 2.05) is 36.2 Å². The Morgan fingerprint density at radius 3 is 2.95 bits per heavy atom. The van der Waals surface area contributed by atoms with E-state index >= 15 is 0 Å². The molecule has 1 aliphatic carbocycles. The number of nitrogens with zero attached hydrogens (tertiary/aromatic N) is 3. The number of carbonyl (C=O) groups excluding carboxylic acids is 1. The van der Waals surface area contributed by atoms with Gasteiger partial charge in [-0.2, -0.15) is 0 Å². The van der Waals surface area contributed by atoms with Gasteiger partial charge in [-0.1, -0.05) is 12.1 Å². The van der Waals surface area contributed by atoms with Gasteiger partial charge < -0.3 is 10.2 Å². The van der Waals surface area contributed by atoms with Gasteiger partial charge in [-0.3, -0.25) is 4.79 Å². The maximum absolute atomic E-state index is 11.8. The van der Waals surface area contributed by atoms with Crippen molar-refractivity contribution in [3.8, 4) is 0 Å². The third-order valence-electron chi connectivity index (χ3n) is 3.21. The number of benzene rings is 1. The Morgan fingerprint density at radius 2 is 2.16 bits per heavy atom. The van der Waals surface area contributed by atoms with Gasteiger partial charge in [-0.05, 0) is 25.0 Å². The van der Waals surface area contributed by atoms with Gasteiger partial charge >= 0.3 is 0 Å². The van der Waals surface area contributed by atoms with Gasteiger partial charge in [0, 0.05) is 18.5 Å². The van der Waals surface area contributed by atoms with Gasteiger partial charge in [-0.25, -0.2) is 9.97 Å². The summed E-state index contributed by atoms with van der Waals surface area (Å²) in [4.78, 5) is 22.2. The van der Waals surface area contributed by atoms with Crippen LogP contribution in [0.15, 0.2) is 30.6 Å². The molecule has 0 aliphatic heterocycles. The molecule has 0 atom stereocenters. The number of para-hydroxylation sites is 1. The molecule has 2 aromatic rings. The van der Waals surface area contributed by atoms with E-state index in [1.54, 1.807) is 0 Å². The molecule has 1 saturated carbocycles. The zero-order chi connectivity index (χ0) is 13.2. The van der Waals surface area contributed by atoms with Gasteiger partial charge in [0.1, 0.15) is 12.1 Å². The fourth-order valence-electron chi connectivity index (χ4n) is 2.09. The van der Waals surface area contributed by atoms with Crippen LogP contribution < -0.4 is 10.2 Å². The lowest BCUT2D eigenvalue weighted by Gasteiger charge is -2.18. The molecular weight excluding hydrogens is 240 g/mol. The Balaban J connectivity index is 1.80. The zero-order valence-electron chi connectivity index (χ0n) is 10.8. The smallest absolute Gasteiger partial charge is 0.239 e. The summed E-state index contributed by atoms with van der Waals surface area (Å²) in [5, 5.41) is 3.94. The highest BCUT2D eigenvalue weighted by molar-refractivity contribution is 5.91. The van der Waals surface area contributed by atoms with Gasteiger partial charge in [0.25, 0.3) is 0 Å². The number of hydrogen-bond donors (Lipinski definition) is 1. The monoisotopic (exact) mass is 256 g/mol. The van der Waals surface area contributed by atoms with E-state index in [-0.39, 0.29) is 5.91 Å². The summed E-state index contributed by atoms with van der Waals surface area (Å²) in [7, 11) is 1.88. The second kappa shape index (κ2) is 4.84. The first-order valence-electron chi connectivity index (χ1n) is 6.44. The first-order chi connectivity index (χ1) is 9.24. The van der Waals surface area contributed by atoms with E-state index < -0.39 is 0 Å². The predicted octanol–water partition coefficient (Wildman–Crippen LogP) is 1.34. The number of hydrogen-bond acceptors (Lipinski definition) is 4. The molecular formula is C14H16N4O. The Morgan fingerprint density at radius 1 is 1.37 bits per heavy atom. The largest absolute Gasteiger partial charge is 0.352 e. The molecule has 0 radical (unpaired) electrons. The van der Waals surface area contributed by atoms with Crippen molar-refractivity contribution in [3.63, 3.8) is 0 Å².